The van der Waals surface area contributed by atoms with Crippen molar-refractivity contribution in [3.63, 3.8) is 0 Å². The number of hydrogen-bond acceptors (Lipinski definition) is 4. The van der Waals surface area contributed by atoms with Crippen LogP contribution in [0.2, 0.25) is 5.02 Å². The second-order valence-electron chi connectivity index (χ2n) is 6.60. The van der Waals surface area contributed by atoms with Crippen LogP contribution in [-0.4, -0.2) is 26.2 Å². The zero-order valence-corrected chi connectivity index (χ0v) is 17.3. The maximum Gasteiger partial charge on any atom is 0.319 e. The highest BCUT2D eigenvalue weighted by Gasteiger charge is 2.31. The molecule has 0 saturated heterocycles. The molecular formula is C21H22ClN3O4. The zero-order valence-electron chi connectivity index (χ0n) is 16.6. The number of anilines is 1. The van der Waals surface area contributed by atoms with Crippen molar-refractivity contribution >= 4 is 29.2 Å². The molecule has 1 unspecified atom stereocenters. The first-order valence-electron chi connectivity index (χ1n) is 8.91. The molecule has 1 aliphatic heterocycles. The Morgan fingerprint density at radius 2 is 1.79 bits per heavy atom. The van der Waals surface area contributed by atoms with Gasteiger partial charge in [0.15, 0.2) is 11.5 Å². The molecule has 1 aliphatic rings. The summed E-state index contributed by atoms with van der Waals surface area (Å²) in [5, 5.41) is 8.86. The van der Waals surface area contributed by atoms with Crippen LogP contribution in [0, 0.1) is 6.92 Å². The van der Waals surface area contributed by atoms with Crippen molar-refractivity contribution in [3.8, 4) is 11.5 Å². The number of carbonyl (C=O) groups is 2. The van der Waals surface area contributed by atoms with Gasteiger partial charge in [0.1, 0.15) is 0 Å². The van der Waals surface area contributed by atoms with E-state index in [1.54, 1.807) is 44.4 Å². The van der Waals surface area contributed by atoms with Crippen LogP contribution in [-0.2, 0) is 4.79 Å². The standard InChI is InChI=1S/C21H22ClN3O4/c1-11-5-7-14(10-15(11)22)24-20(26)18-12(2)23-21(27)25-19(18)13-6-8-16(28-3)17(9-13)29-4/h5-10,19H,1-4H3,(H,24,26)(H2,23,25,27). The van der Waals surface area contributed by atoms with Crippen molar-refractivity contribution in [3.05, 3.63) is 63.8 Å². The predicted molar refractivity (Wildman–Crippen MR) is 111 cm³/mol. The minimum Gasteiger partial charge on any atom is -0.493 e. The molecule has 7 nitrogen and oxygen atoms in total. The number of amides is 3. The zero-order chi connectivity index (χ0) is 21.1. The van der Waals surface area contributed by atoms with E-state index in [0.29, 0.717) is 39.0 Å². The third kappa shape index (κ3) is 4.30. The molecule has 0 saturated carbocycles. The van der Waals surface area contributed by atoms with E-state index in [1.165, 1.54) is 7.11 Å². The first-order chi connectivity index (χ1) is 13.8. The van der Waals surface area contributed by atoms with Crippen molar-refractivity contribution in [2.75, 3.05) is 19.5 Å². The predicted octanol–water partition coefficient (Wildman–Crippen LogP) is 3.93. The molecule has 2 aromatic rings. The van der Waals surface area contributed by atoms with Gasteiger partial charge in [0.2, 0.25) is 0 Å². The first-order valence-corrected chi connectivity index (χ1v) is 9.29. The fourth-order valence-electron chi connectivity index (χ4n) is 3.15. The molecule has 3 rings (SSSR count). The van der Waals surface area contributed by atoms with Gasteiger partial charge in [0, 0.05) is 16.4 Å². The summed E-state index contributed by atoms with van der Waals surface area (Å²) in [6, 6.07) is 9.47. The number of urea groups is 1. The molecule has 0 radical (unpaired) electrons. The van der Waals surface area contributed by atoms with Gasteiger partial charge in [0.25, 0.3) is 5.91 Å². The SMILES string of the molecule is COc1ccc(C2NC(=O)NC(C)=C2C(=O)Nc2ccc(C)c(Cl)c2)cc1OC. The quantitative estimate of drug-likeness (QED) is 0.690. The van der Waals surface area contributed by atoms with Crippen LogP contribution in [0.25, 0.3) is 0 Å². The average molecular weight is 416 g/mol. The molecule has 29 heavy (non-hydrogen) atoms. The van der Waals surface area contributed by atoms with Gasteiger partial charge in [-0.1, -0.05) is 23.7 Å². The molecule has 1 atom stereocenters. The summed E-state index contributed by atoms with van der Waals surface area (Å²) in [6.07, 6.45) is 0. The van der Waals surface area contributed by atoms with E-state index < -0.39 is 12.1 Å². The van der Waals surface area contributed by atoms with Gasteiger partial charge in [0.05, 0.1) is 25.8 Å². The van der Waals surface area contributed by atoms with E-state index in [2.05, 4.69) is 16.0 Å². The third-order valence-corrected chi connectivity index (χ3v) is 5.09. The molecule has 3 N–H and O–H groups in total. The van der Waals surface area contributed by atoms with Gasteiger partial charge in [-0.3, -0.25) is 4.79 Å². The normalized spacial score (nSPS) is 16.0. The Hall–Kier alpha value is -3.19. The van der Waals surface area contributed by atoms with E-state index in [9.17, 15) is 9.59 Å². The van der Waals surface area contributed by atoms with Crippen molar-refractivity contribution < 1.29 is 19.1 Å². The van der Waals surface area contributed by atoms with Crippen LogP contribution in [0.15, 0.2) is 47.7 Å². The molecule has 0 bridgehead atoms. The topological polar surface area (TPSA) is 88.7 Å². The van der Waals surface area contributed by atoms with Crippen LogP contribution in [0.4, 0.5) is 10.5 Å². The van der Waals surface area contributed by atoms with Crippen LogP contribution in [0.5, 0.6) is 11.5 Å². The van der Waals surface area contributed by atoms with E-state index >= 15 is 0 Å². The lowest BCUT2D eigenvalue weighted by molar-refractivity contribution is -0.113. The number of hydrogen-bond donors (Lipinski definition) is 3. The minimum atomic E-state index is -0.663. The number of methoxy groups -OCH3 is 2. The van der Waals surface area contributed by atoms with Crippen molar-refractivity contribution in [1.82, 2.24) is 10.6 Å². The molecule has 0 aromatic heterocycles. The molecule has 152 valence electrons. The third-order valence-electron chi connectivity index (χ3n) is 4.68. The van der Waals surface area contributed by atoms with Crippen LogP contribution >= 0.6 is 11.6 Å². The molecule has 1 heterocycles. The lowest BCUT2D eigenvalue weighted by Gasteiger charge is -2.29. The van der Waals surface area contributed by atoms with Crippen LogP contribution in [0.1, 0.15) is 24.1 Å². The Morgan fingerprint density at radius 1 is 1.07 bits per heavy atom. The molecule has 3 amide bonds. The van der Waals surface area contributed by atoms with Crippen molar-refractivity contribution in [2.45, 2.75) is 19.9 Å². The highest BCUT2D eigenvalue weighted by molar-refractivity contribution is 6.31. The number of benzene rings is 2. The Labute approximate surface area is 174 Å². The summed E-state index contributed by atoms with van der Waals surface area (Å²) in [4.78, 5) is 25.2. The summed E-state index contributed by atoms with van der Waals surface area (Å²) in [5.41, 5.74) is 3.01. The van der Waals surface area contributed by atoms with E-state index in [1.807, 2.05) is 13.0 Å². The van der Waals surface area contributed by atoms with Crippen molar-refractivity contribution in [2.24, 2.45) is 0 Å². The largest absolute Gasteiger partial charge is 0.493 e. The lowest BCUT2D eigenvalue weighted by atomic mass is 9.94. The maximum absolute atomic E-state index is 13.1. The van der Waals surface area contributed by atoms with Gasteiger partial charge in [-0.05, 0) is 49.2 Å². The molecule has 0 fully saturated rings. The number of halogens is 1. The number of allylic oxidation sites excluding steroid dienone is 1. The molecule has 2 aromatic carbocycles. The summed E-state index contributed by atoms with van der Waals surface area (Å²) in [5.74, 6) is 0.702. The Bertz CT molecular complexity index is 1000. The smallest absolute Gasteiger partial charge is 0.319 e. The van der Waals surface area contributed by atoms with Gasteiger partial charge < -0.3 is 25.4 Å². The van der Waals surface area contributed by atoms with Gasteiger partial charge in [-0.25, -0.2) is 4.79 Å². The number of carbonyl (C=O) groups excluding carboxylic acids is 2. The fourth-order valence-corrected chi connectivity index (χ4v) is 3.33. The van der Waals surface area contributed by atoms with E-state index in [0.717, 1.165) is 5.56 Å². The maximum atomic E-state index is 13.1. The Morgan fingerprint density at radius 3 is 2.45 bits per heavy atom. The highest BCUT2D eigenvalue weighted by atomic mass is 35.5. The number of nitrogens with one attached hydrogen (secondary N) is 3. The lowest BCUT2D eigenvalue weighted by Crippen LogP contribution is -2.46. The first kappa shape index (κ1) is 20.5. The summed E-state index contributed by atoms with van der Waals surface area (Å²) >= 11 is 6.16. The van der Waals surface area contributed by atoms with E-state index in [-0.39, 0.29) is 5.91 Å². The van der Waals surface area contributed by atoms with E-state index in [4.69, 9.17) is 21.1 Å². The van der Waals surface area contributed by atoms with Crippen LogP contribution < -0.4 is 25.4 Å². The Kier molecular flexibility index (Phi) is 5.98. The van der Waals surface area contributed by atoms with Crippen molar-refractivity contribution in [1.29, 1.82) is 0 Å². The number of rotatable bonds is 5. The average Bonchev–Trinajstić information content (AvgIpc) is 2.69. The van der Waals surface area contributed by atoms with Crippen LogP contribution in [0.3, 0.4) is 0 Å². The molecule has 0 spiro atoms. The molecular weight excluding hydrogens is 394 g/mol. The van der Waals surface area contributed by atoms with Gasteiger partial charge >= 0.3 is 6.03 Å². The number of aryl methyl sites for hydroxylation is 1. The fraction of sp³-hybridized carbons (Fsp3) is 0.238. The summed E-state index contributed by atoms with van der Waals surface area (Å²) < 4.78 is 10.6. The summed E-state index contributed by atoms with van der Waals surface area (Å²) in [6.45, 7) is 3.57. The second-order valence-corrected chi connectivity index (χ2v) is 7.01. The molecule has 8 heteroatoms. The minimum absolute atomic E-state index is 0.352. The van der Waals surface area contributed by atoms with Gasteiger partial charge in [-0.15, -0.1) is 0 Å². The molecule has 0 aliphatic carbocycles. The number of ether oxygens (including phenoxy) is 2. The monoisotopic (exact) mass is 415 g/mol. The second kappa shape index (κ2) is 8.45. The highest BCUT2D eigenvalue weighted by Crippen LogP contribution is 2.34. The summed E-state index contributed by atoms with van der Waals surface area (Å²) in [7, 11) is 3.07. The Balaban J connectivity index is 1.97. The van der Waals surface area contributed by atoms with Gasteiger partial charge in [-0.2, -0.15) is 0 Å².